The van der Waals surface area contributed by atoms with Crippen LogP contribution in [0.1, 0.15) is 5.56 Å². The molecule has 0 aliphatic carbocycles. The van der Waals surface area contributed by atoms with Crippen molar-refractivity contribution in [2.24, 2.45) is 0 Å². The molecule has 13 heavy (non-hydrogen) atoms. The Labute approximate surface area is 73.8 Å². The molecule has 66 valence electrons. The average Bonchev–Trinajstić information content (AvgIpc) is 2.08. The zero-order valence-electron chi connectivity index (χ0n) is 6.61. The lowest BCUT2D eigenvalue weighted by Crippen LogP contribution is -2.27. The summed E-state index contributed by atoms with van der Waals surface area (Å²) in [4.78, 5) is 21.7. The van der Waals surface area contributed by atoms with Crippen LogP contribution in [0.3, 0.4) is 0 Å². The Morgan fingerprint density at radius 3 is 2.85 bits per heavy atom. The average molecular weight is 178 g/mol. The maximum atomic E-state index is 10.9. The van der Waals surface area contributed by atoms with Crippen molar-refractivity contribution in [3.05, 3.63) is 23.8 Å². The molecule has 0 atom stereocenters. The van der Waals surface area contributed by atoms with Gasteiger partial charge in [-0.1, -0.05) is 6.07 Å². The van der Waals surface area contributed by atoms with Gasteiger partial charge in [0.15, 0.2) is 0 Å². The molecule has 0 unspecified atom stereocenters. The van der Waals surface area contributed by atoms with Gasteiger partial charge in [0.2, 0.25) is 5.78 Å². The highest BCUT2D eigenvalue weighted by molar-refractivity contribution is 6.35. The molecule has 1 aromatic rings. The van der Waals surface area contributed by atoms with Gasteiger partial charge in [-0.3, -0.25) is 4.79 Å². The van der Waals surface area contributed by atoms with Crippen molar-refractivity contribution in [1.82, 2.24) is 0 Å². The van der Waals surface area contributed by atoms with Crippen LogP contribution in [0, 0.1) is 0 Å². The molecule has 1 N–H and O–H groups in total. The quantitative estimate of drug-likeness (QED) is 0.355. The summed E-state index contributed by atoms with van der Waals surface area (Å²) in [7, 11) is 0. The number of ether oxygens (including phenoxy) is 1. The Kier molecular flexibility index (Phi) is 1.55. The number of aromatic hydroxyl groups is 1. The fourth-order valence-corrected chi connectivity index (χ4v) is 1.19. The summed E-state index contributed by atoms with van der Waals surface area (Å²) in [6.45, 7) is 0. The standard InChI is InChI=1S/C9H6O4/c10-6-2-1-5-3-7(11)9(12)13-8(5)4-6/h1-2,4,10H,3H2. The summed E-state index contributed by atoms with van der Waals surface area (Å²) in [6.07, 6.45) is 0.0500. The third-order valence-corrected chi connectivity index (χ3v) is 1.83. The van der Waals surface area contributed by atoms with Gasteiger partial charge in [0.25, 0.3) is 0 Å². The van der Waals surface area contributed by atoms with Gasteiger partial charge >= 0.3 is 5.97 Å². The molecule has 1 aliphatic rings. The molecule has 1 heterocycles. The first-order valence-electron chi connectivity index (χ1n) is 3.74. The molecule has 1 aromatic carbocycles. The van der Waals surface area contributed by atoms with Gasteiger partial charge in [0.05, 0.1) is 0 Å². The SMILES string of the molecule is O=C1Cc2ccc(O)cc2OC1=O. The predicted octanol–water partition coefficient (Wildman–Crippen LogP) is 0.423. The highest BCUT2D eigenvalue weighted by atomic mass is 16.5. The molecule has 0 fully saturated rings. The fraction of sp³-hybridized carbons (Fsp3) is 0.111. The third-order valence-electron chi connectivity index (χ3n) is 1.83. The Balaban J connectivity index is 2.48. The lowest BCUT2D eigenvalue weighted by Gasteiger charge is -2.13. The van der Waals surface area contributed by atoms with Gasteiger partial charge in [-0.2, -0.15) is 0 Å². The van der Waals surface area contributed by atoms with Crippen LogP contribution in [-0.4, -0.2) is 16.9 Å². The minimum Gasteiger partial charge on any atom is -0.508 e. The Morgan fingerprint density at radius 1 is 1.31 bits per heavy atom. The van der Waals surface area contributed by atoms with Gasteiger partial charge < -0.3 is 9.84 Å². The smallest absolute Gasteiger partial charge is 0.380 e. The van der Waals surface area contributed by atoms with Crippen molar-refractivity contribution in [3.63, 3.8) is 0 Å². The van der Waals surface area contributed by atoms with Crippen molar-refractivity contribution in [1.29, 1.82) is 0 Å². The van der Waals surface area contributed by atoms with Gasteiger partial charge in [0.1, 0.15) is 11.5 Å². The summed E-state index contributed by atoms with van der Waals surface area (Å²) in [6, 6.07) is 4.33. The number of carbonyl (C=O) groups excluding carboxylic acids is 2. The first kappa shape index (κ1) is 7.79. The molecule has 0 saturated carbocycles. The van der Waals surface area contributed by atoms with E-state index in [-0.39, 0.29) is 17.9 Å². The highest BCUT2D eigenvalue weighted by Crippen LogP contribution is 2.27. The number of rotatable bonds is 0. The van der Waals surface area contributed by atoms with Crippen molar-refractivity contribution in [2.45, 2.75) is 6.42 Å². The van der Waals surface area contributed by atoms with E-state index in [1.165, 1.54) is 12.1 Å². The lowest BCUT2D eigenvalue weighted by molar-refractivity contribution is -0.147. The molecule has 0 aromatic heterocycles. The molecule has 0 radical (unpaired) electrons. The fourth-order valence-electron chi connectivity index (χ4n) is 1.19. The van der Waals surface area contributed by atoms with Crippen LogP contribution in [0.5, 0.6) is 11.5 Å². The number of Topliss-reactive ketones (excluding diaryl/α,β-unsaturated/α-hetero) is 1. The van der Waals surface area contributed by atoms with Gasteiger partial charge in [0, 0.05) is 18.1 Å². The number of fused-ring (bicyclic) bond motifs is 1. The number of esters is 1. The van der Waals surface area contributed by atoms with Gasteiger partial charge in [-0.05, 0) is 6.07 Å². The molecular weight excluding hydrogens is 172 g/mol. The summed E-state index contributed by atoms with van der Waals surface area (Å²) >= 11 is 0. The Hall–Kier alpha value is -1.84. The van der Waals surface area contributed by atoms with Gasteiger partial charge in [-0.25, -0.2) is 4.79 Å². The van der Waals surface area contributed by atoms with E-state index in [9.17, 15) is 9.59 Å². The molecular formula is C9H6O4. The molecule has 1 aliphatic heterocycles. The van der Waals surface area contributed by atoms with Crippen LogP contribution in [0.2, 0.25) is 0 Å². The normalized spacial score (nSPS) is 15.1. The monoisotopic (exact) mass is 178 g/mol. The van der Waals surface area contributed by atoms with Gasteiger partial charge in [-0.15, -0.1) is 0 Å². The van der Waals surface area contributed by atoms with E-state index in [2.05, 4.69) is 4.74 Å². The zero-order chi connectivity index (χ0) is 9.42. The van der Waals surface area contributed by atoms with E-state index in [0.29, 0.717) is 5.56 Å². The van der Waals surface area contributed by atoms with Crippen molar-refractivity contribution in [3.8, 4) is 11.5 Å². The number of hydrogen-bond acceptors (Lipinski definition) is 4. The number of carbonyl (C=O) groups is 2. The minimum absolute atomic E-state index is 0.0147. The van der Waals surface area contributed by atoms with Crippen LogP contribution in [0.25, 0.3) is 0 Å². The zero-order valence-corrected chi connectivity index (χ0v) is 6.61. The molecule has 0 spiro atoms. The number of ketones is 1. The van der Waals surface area contributed by atoms with E-state index in [4.69, 9.17) is 5.11 Å². The molecule has 0 saturated heterocycles. The third kappa shape index (κ3) is 1.26. The summed E-state index contributed by atoms with van der Waals surface area (Å²) in [5.74, 6) is -1.14. The minimum atomic E-state index is -0.863. The summed E-state index contributed by atoms with van der Waals surface area (Å²) in [5.41, 5.74) is 0.627. The van der Waals surface area contributed by atoms with E-state index in [1.54, 1.807) is 6.07 Å². The lowest BCUT2D eigenvalue weighted by atomic mass is 10.1. The second kappa shape index (κ2) is 2.58. The van der Waals surface area contributed by atoms with Crippen molar-refractivity contribution < 1.29 is 19.4 Å². The largest absolute Gasteiger partial charge is 0.508 e. The summed E-state index contributed by atoms with van der Waals surface area (Å²) < 4.78 is 4.68. The van der Waals surface area contributed by atoms with E-state index >= 15 is 0 Å². The Morgan fingerprint density at radius 2 is 2.08 bits per heavy atom. The molecule has 0 amide bonds. The maximum absolute atomic E-state index is 10.9. The number of phenolic OH excluding ortho intramolecular Hbond substituents is 1. The Bertz CT molecular complexity index is 395. The number of benzene rings is 1. The first-order chi connectivity index (χ1) is 6.16. The van der Waals surface area contributed by atoms with E-state index in [1.807, 2.05) is 0 Å². The maximum Gasteiger partial charge on any atom is 0.380 e. The van der Waals surface area contributed by atoms with Crippen LogP contribution in [0.15, 0.2) is 18.2 Å². The second-order valence-corrected chi connectivity index (χ2v) is 2.78. The van der Waals surface area contributed by atoms with E-state index < -0.39 is 11.8 Å². The molecule has 2 rings (SSSR count). The number of hydrogen-bond donors (Lipinski definition) is 1. The second-order valence-electron chi connectivity index (χ2n) is 2.78. The highest BCUT2D eigenvalue weighted by Gasteiger charge is 2.25. The molecule has 0 bridgehead atoms. The van der Waals surface area contributed by atoms with Crippen LogP contribution >= 0.6 is 0 Å². The summed E-state index contributed by atoms with van der Waals surface area (Å²) in [5, 5.41) is 9.06. The number of phenols is 1. The van der Waals surface area contributed by atoms with Crippen LogP contribution < -0.4 is 4.74 Å². The van der Waals surface area contributed by atoms with Crippen molar-refractivity contribution in [2.75, 3.05) is 0 Å². The van der Waals surface area contributed by atoms with Crippen molar-refractivity contribution >= 4 is 11.8 Å². The van der Waals surface area contributed by atoms with Crippen LogP contribution in [-0.2, 0) is 16.0 Å². The van der Waals surface area contributed by atoms with E-state index in [0.717, 1.165) is 0 Å². The molecule has 4 heteroatoms. The molecule has 4 nitrogen and oxygen atoms in total. The first-order valence-corrected chi connectivity index (χ1v) is 3.74. The topological polar surface area (TPSA) is 63.6 Å². The van der Waals surface area contributed by atoms with Crippen LogP contribution in [0.4, 0.5) is 0 Å². The predicted molar refractivity (Wildman–Crippen MR) is 42.5 cm³/mol.